The monoisotopic (exact) mass is 3180 g/mol. The minimum atomic E-state index is -2.24. The van der Waals surface area contributed by atoms with Crippen LogP contribution in [0.3, 0.4) is 0 Å². The Balaban J connectivity index is 0. The van der Waals surface area contributed by atoms with Gasteiger partial charge in [-0.25, -0.2) is 0 Å². The number of benzene rings is 2. The molecule has 2 aliphatic rings. The number of anilines is 2. The van der Waals surface area contributed by atoms with Gasteiger partial charge in [0.05, 0.1) is 0 Å². The summed E-state index contributed by atoms with van der Waals surface area (Å²) in [7, 11) is 136. The van der Waals surface area contributed by atoms with E-state index < -0.39 is 14.9 Å². The molecule has 2 aliphatic carbocycles. The third kappa shape index (κ3) is 89.1. The molecule has 3 nitrogen and oxygen atoms in total. The molecule has 0 amide bonds. The van der Waals surface area contributed by atoms with Crippen molar-refractivity contribution < 1.29 is 37.7 Å². The molecule has 2 saturated carbocycles. The zero-order chi connectivity index (χ0) is 89.7. The Labute approximate surface area is 1000 Å². The second kappa shape index (κ2) is 111. The predicted molar refractivity (Wildman–Crippen MR) is 781 cm³/mol. The van der Waals surface area contributed by atoms with Gasteiger partial charge < -0.3 is 14.8 Å². The number of hydrogen-bond donors (Lipinski definition) is 0. The van der Waals surface area contributed by atoms with Crippen molar-refractivity contribution in [3.63, 3.8) is 0 Å². The van der Waals surface area contributed by atoms with Gasteiger partial charge in [-0.15, -0.1) is 28.2 Å². The third-order valence-corrected chi connectivity index (χ3v) is 179. The summed E-state index contributed by atoms with van der Waals surface area (Å²) in [5.41, 5.74) is 3.25. The largest absolute Gasteiger partial charge is 1.00 e. The van der Waals surface area contributed by atoms with Gasteiger partial charge in [-0.2, -0.15) is 0 Å². The second-order valence-corrected chi connectivity index (χ2v) is 161. The predicted octanol–water partition coefficient (Wildman–Crippen LogP) is 4.84. The molecule has 86 heteroatoms. The van der Waals surface area contributed by atoms with Crippen LogP contribution in [0.15, 0.2) is 48.5 Å². The maximum atomic E-state index is 6.19. The third-order valence-electron chi connectivity index (χ3n) is 13.6. The first-order valence-electron chi connectivity index (χ1n) is 30.8. The molecule has 0 spiro atoms. The molecule has 2 fully saturated rings. The molecule has 4 rings (SSSR count). The van der Waals surface area contributed by atoms with E-state index in [0.29, 0.717) is 6.04 Å². The van der Waals surface area contributed by atoms with Crippen LogP contribution in [0.1, 0.15) is 98.3 Å². The molecule has 2 aromatic carbocycles. The van der Waals surface area contributed by atoms with Crippen LogP contribution in [-0.4, -0.2) is 49.2 Å². The van der Waals surface area contributed by atoms with Crippen molar-refractivity contribution in [2.24, 2.45) is 23.7 Å². The molecular weight excluding hydrogens is 3120 g/mol. The molecule has 0 radical (unpaired) electrons. The van der Waals surface area contributed by atoms with Gasteiger partial charge in [-0.1, -0.05) is 152 Å². The van der Waals surface area contributed by atoms with Crippen LogP contribution in [-0.2, 0) is 693 Å². The Kier molecular flexibility index (Phi) is 128. The van der Waals surface area contributed by atoms with Gasteiger partial charge in [-0.05, 0) is 55.8 Å². The normalized spacial score (nSPS) is 14.5. The van der Waals surface area contributed by atoms with E-state index in [1.165, 1.54) is 112 Å². The summed E-state index contributed by atoms with van der Waals surface area (Å²) in [5.74, 6) is 3.07. The Morgan fingerprint density at radius 3 is 0.592 bits per heavy atom. The van der Waals surface area contributed by atoms with Crippen molar-refractivity contribution in [1.29, 1.82) is 0 Å². The first-order chi connectivity index (χ1) is 60.0. The summed E-state index contributed by atoms with van der Waals surface area (Å²) in [4.78, 5) is 10.4. The van der Waals surface area contributed by atoms with Crippen LogP contribution < -0.4 is 57.9 Å². The van der Waals surface area contributed by atoms with Crippen molar-refractivity contribution >= 4 is 752 Å². The summed E-state index contributed by atoms with van der Waals surface area (Å²) in [6, 6.07) is 17.8. The second-order valence-electron chi connectivity index (χ2n) is 20.3. The van der Waals surface area contributed by atoms with Gasteiger partial charge in [0.25, 0.3) is 6.69 Å². The molecule has 0 aromatic heterocycles. The van der Waals surface area contributed by atoms with Gasteiger partial charge in [0.1, 0.15) is 0 Å². The maximum Gasteiger partial charge on any atom is 1.00 e. The average Bonchev–Trinajstić information content (AvgIpc) is 1.52. The zero-order valence-electron chi connectivity index (χ0n) is 64.4. The minimum absolute atomic E-state index is 0. The molecule has 125 heavy (non-hydrogen) atoms. The smallest absolute Gasteiger partial charge is 0.658 e. The van der Waals surface area contributed by atoms with E-state index in [0.717, 1.165) is 40.1 Å². The standard InChI is InChI=1S/C30H53N2Si.C9H13Cl2NSi.2Li.S70.S7/c1-23-24(2)26(4)30(25(23)3)33(7,29-22-18-17-21-28(29)32(5)6)31-27-19-15-13-11-9-8-10-12-14-16-20-27;1-12(2)8-6-4-5-7-9(8)13(3,10)11;;;1-3-5-7-9-11-13-15-17-19-21-23-25-27-29-31-33-35-37-39-41-43-45-47-49-51-53-55-57-59-61-63-65-67-69-70-68-66-64-62-60-58-56-54-52-50-48-46-44-42-40-38-36-34-32-30-28-26-24-22-20-18-16-14-12-10-8-6-4-2;1-3-5-7-6-4-2/h17-18,21-27,30H,8-16,19-20H2,1-7H3;4-7H,1-3H3;;;;/q-1;;2*+1;;/t23?,24?,25?,26?,30?,33-;;;;;/m0...../s1. The zero-order valence-corrected chi connectivity index (χ0v) is 131. The van der Waals surface area contributed by atoms with Crippen molar-refractivity contribution in [3.05, 3.63) is 53.5 Å². The van der Waals surface area contributed by atoms with Gasteiger partial charge in [0.2, 0.25) is 0 Å². The SMILES string of the molecule is CC1C(C)C(C)C([Si@@](C)([N-]C2CCCCCCCCCCC2)c2ccccc2N(C)C)C1C.CN(C)c1ccccc1[Si](C)(Cl)Cl.S=S=S=S=S=S=S.S=S=S=S=S=S=S=S=S=S=S=S=S=S=S=S=S=S=S=S=S=S=S=S=S=S=S=S=S=S=S=S=S=S=S=S=S=S=S=S=S=S=S=S=S=S=S=S=S=S=S=S=S=S=S=S=S=S=S=S=S=S=S=S=S=S=S=S=S=S.[Li+].[Li+]. The molecule has 0 N–H and O–H groups in total. The molecule has 0 heterocycles. The molecule has 2 aromatic rings. The Bertz CT molecular complexity index is 7260. The van der Waals surface area contributed by atoms with Crippen LogP contribution in [0.2, 0.25) is 18.6 Å². The fourth-order valence-corrected chi connectivity index (χ4v) is 206. The molecule has 0 bridgehead atoms. The summed E-state index contributed by atoms with van der Waals surface area (Å²) in [6.45, 7) is 12.4. The van der Waals surface area contributed by atoms with Gasteiger partial charge in [-0.3, -0.25) is 0 Å². The van der Waals surface area contributed by atoms with Gasteiger partial charge in [0.15, 0.2) is 0 Å². The maximum absolute atomic E-state index is 6.19. The quantitative estimate of drug-likeness (QED) is 0.291. The van der Waals surface area contributed by atoms with Crippen LogP contribution in [0.5, 0.6) is 0 Å². The summed E-state index contributed by atoms with van der Waals surface area (Å²) >= 11 is 31.2. The molecule has 0 saturated heterocycles. The summed E-state index contributed by atoms with van der Waals surface area (Å²) in [5, 5.41) is 2.66. The van der Waals surface area contributed by atoms with Crippen molar-refractivity contribution in [2.75, 3.05) is 38.0 Å². The molecule has 5 atom stereocenters. The Morgan fingerprint density at radius 1 is 0.256 bits per heavy atom. The van der Waals surface area contributed by atoms with Crippen molar-refractivity contribution in [2.45, 2.75) is 123 Å². The molecule has 4 unspecified atom stereocenters. The van der Waals surface area contributed by atoms with E-state index >= 15 is 0 Å². The van der Waals surface area contributed by atoms with Crippen molar-refractivity contribution in [3.8, 4) is 0 Å². The first-order valence-corrected chi connectivity index (χ1v) is 138. The van der Waals surface area contributed by atoms with E-state index in [9.17, 15) is 0 Å². The Hall–Kier alpha value is 17.1. The fourth-order valence-electron chi connectivity index (χ4n) is 9.41. The summed E-state index contributed by atoms with van der Waals surface area (Å²) in [6.07, 6.45) is 15.4. The number of halogens is 2. The van der Waals surface area contributed by atoms with E-state index in [4.69, 9.17) is 49.5 Å². The average molecular weight is 3190 g/mol. The van der Waals surface area contributed by atoms with E-state index in [1.807, 2.05) is 529 Å². The first kappa shape index (κ1) is 144. The van der Waals surface area contributed by atoms with Crippen molar-refractivity contribution in [1.82, 2.24) is 0 Å². The Morgan fingerprint density at radius 2 is 0.416 bits per heavy atom. The van der Waals surface area contributed by atoms with Crippen LogP contribution in [0.25, 0.3) is 4.98 Å². The number of para-hydroxylation sites is 2. The summed E-state index contributed by atoms with van der Waals surface area (Å²) < 4.78 is 0. The minimum Gasteiger partial charge on any atom is -0.658 e. The number of rotatable bonds is 7. The van der Waals surface area contributed by atoms with Crippen LogP contribution >= 0.6 is 22.2 Å². The van der Waals surface area contributed by atoms with Crippen LogP contribution in [0, 0.1) is 23.7 Å². The van der Waals surface area contributed by atoms with Gasteiger partial charge >= 0.3 is 37.7 Å². The van der Waals surface area contributed by atoms with E-state index in [2.05, 4.69) is 99.9 Å². The topological polar surface area (TPSA) is 20.6 Å². The molecule has 0 aliphatic heterocycles. The number of nitrogens with zero attached hydrogens (tertiary/aromatic N) is 3. The molecular formula is C39H66Cl2Li2N3S77Si2+. The fraction of sp³-hybridized carbons (Fsp3) is 0.692. The van der Waals surface area contributed by atoms with Gasteiger partial charge in [0, 0.05) is 733 Å². The van der Waals surface area contributed by atoms with Crippen LogP contribution in [0.4, 0.5) is 11.4 Å². The van der Waals surface area contributed by atoms with E-state index in [-0.39, 0.29) is 37.7 Å². The van der Waals surface area contributed by atoms with E-state index in [1.54, 1.807) is 138 Å². The number of hydrogen-bond acceptors (Lipinski definition) is 6. The molecule has 722 valence electrons.